The molecule has 38 heavy (non-hydrogen) atoms. The number of amides is 1. The van der Waals surface area contributed by atoms with Crippen LogP contribution in [0.2, 0.25) is 0 Å². The zero-order chi connectivity index (χ0) is 28.0. The van der Waals surface area contributed by atoms with Crippen LogP contribution in [0.3, 0.4) is 0 Å². The predicted molar refractivity (Wildman–Crippen MR) is 136 cm³/mol. The second-order valence-corrected chi connectivity index (χ2v) is 10.1. The Morgan fingerprint density at radius 3 is 2.45 bits per heavy atom. The molecule has 1 atom stereocenters. The van der Waals surface area contributed by atoms with Gasteiger partial charge in [0.1, 0.15) is 11.3 Å². The molecule has 0 saturated heterocycles. The zero-order valence-electron chi connectivity index (χ0n) is 22.2. The van der Waals surface area contributed by atoms with Crippen molar-refractivity contribution in [2.75, 3.05) is 18.6 Å². The number of anilines is 1. The third kappa shape index (κ3) is 7.46. The Morgan fingerprint density at radius 1 is 1.18 bits per heavy atom. The van der Waals surface area contributed by atoms with Crippen molar-refractivity contribution in [1.82, 2.24) is 4.98 Å². The fourth-order valence-corrected chi connectivity index (χ4v) is 4.83. The topological polar surface area (TPSA) is 89.0 Å². The number of aliphatic carboxylic acids is 1. The Labute approximate surface area is 221 Å². The van der Waals surface area contributed by atoms with Gasteiger partial charge < -0.3 is 19.5 Å². The number of methoxy groups -OCH3 is 1. The first-order chi connectivity index (χ1) is 17.9. The molecule has 1 aliphatic rings. The second kappa shape index (κ2) is 12.6. The van der Waals surface area contributed by atoms with Crippen LogP contribution in [-0.4, -0.2) is 41.7 Å². The SMILES string of the molecule is COC[C@H](C)N(c1ccc(Oc2ncc(CCC(=O)O)cc2C(F)(F)F)cc1C)C(=O)[C@H]1CC[C@H](C)CC1. The third-order valence-electron chi connectivity index (χ3n) is 6.93. The first-order valence-corrected chi connectivity index (χ1v) is 12.8. The van der Waals surface area contributed by atoms with Crippen LogP contribution in [0, 0.1) is 18.8 Å². The molecule has 2 aromatic rings. The summed E-state index contributed by atoms with van der Waals surface area (Å²) in [7, 11) is 1.57. The highest BCUT2D eigenvalue weighted by atomic mass is 19.4. The largest absolute Gasteiger partial charge is 0.481 e. The van der Waals surface area contributed by atoms with Gasteiger partial charge in [0.25, 0.3) is 0 Å². The lowest BCUT2D eigenvalue weighted by Gasteiger charge is -2.35. The molecule has 3 rings (SSSR count). The Hall–Kier alpha value is -3.14. The number of aromatic nitrogens is 1. The van der Waals surface area contributed by atoms with Crippen molar-refractivity contribution in [2.24, 2.45) is 11.8 Å². The van der Waals surface area contributed by atoms with Crippen molar-refractivity contribution in [1.29, 1.82) is 0 Å². The summed E-state index contributed by atoms with van der Waals surface area (Å²) in [6.45, 7) is 6.21. The summed E-state index contributed by atoms with van der Waals surface area (Å²) in [6.07, 6.45) is -0.301. The van der Waals surface area contributed by atoms with Gasteiger partial charge in [-0.05, 0) is 87.3 Å². The molecule has 10 heteroatoms. The van der Waals surface area contributed by atoms with Crippen LogP contribution in [0.1, 0.15) is 62.6 Å². The zero-order valence-corrected chi connectivity index (χ0v) is 22.2. The van der Waals surface area contributed by atoms with E-state index in [1.165, 1.54) is 12.3 Å². The maximum atomic E-state index is 13.7. The Kier molecular flexibility index (Phi) is 9.76. The lowest BCUT2D eigenvalue weighted by Crippen LogP contribution is -2.45. The maximum Gasteiger partial charge on any atom is 0.421 e. The highest BCUT2D eigenvalue weighted by Crippen LogP contribution is 2.39. The molecule has 0 radical (unpaired) electrons. The lowest BCUT2D eigenvalue weighted by molar-refractivity contribution is -0.139. The van der Waals surface area contributed by atoms with E-state index in [1.807, 2.05) is 6.92 Å². The number of ether oxygens (including phenoxy) is 2. The van der Waals surface area contributed by atoms with E-state index in [-0.39, 0.29) is 42.0 Å². The average Bonchev–Trinajstić information content (AvgIpc) is 2.84. The van der Waals surface area contributed by atoms with E-state index < -0.39 is 23.6 Å². The minimum absolute atomic E-state index is 0.0243. The minimum Gasteiger partial charge on any atom is -0.481 e. The van der Waals surface area contributed by atoms with E-state index in [0.717, 1.165) is 31.7 Å². The summed E-state index contributed by atoms with van der Waals surface area (Å²) in [4.78, 5) is 30.0. The number of carboxylic acids is 1. The van der Waals surface area contributed by atoms with Crippen molar-refractivity contribution in [2.45, 2.75) is 71.5 Å². The Morgan fingerprint density at radius 2 is 1.87 bits per heavy atom. The van der Waals surface area contributed by atoms with Crippen LogP contribution in [0.15, 0.2) is 30.5 Å². The van der Waals surface area contributed by atoms with Crippen LogP contribution in [0.4, 0.5) is 18.9 Å². The van der Waals surface area contributed by atoms with Gasteiger partial charge >= 0.3 is 12.1 Å². The Balaban J connectivity index is 1.88. The predicted octanol–water partition coefficient (Wildman–Crippen LogP) is 6.41. The van der Waals surface area contributed by atoms with E-state index in [0.29, 0.717) is 23.8 Å². The van der Waals surface area contributed by atoms with E-state index >= 15 is 0 Å². The average molecular weight is 537 g/mol. The van der Waals surface area contributed by atoms with Crippen LogP contribution < -0.4 is 9.64 Å². The number of benzene rings is 1. The molecule has 0 aliphatic heterocycles. The number of nitrogens with zero attached hydrogens (tertiary/aromatic N) is 2. The number of hydrogen-bond donors (Lipinski definition) is 1. The number of carbonyl (C=O) groups excluding carboxylic acids is 1. The molecular weight excluding hydrogens is 501 g/mol. The van der Waals surface area contributed by atoms with Crippen LogP contribution in [-0.2, 0) is 26.9 Å². The van der Waals surface area contributed by atoms with Gasteiger partial charge in [-0.15, -0.1) is 0 Å². The Bertz CT molecular complexity index is 1130. The quantitative estimate of drug-likeness (QED) is 0.377. The van der Waals surface area contributed by atoms with Gasteiger partial charge in [0.2, 0.25) is 11.8 Å². The summed E-state index contributed by atoms with van der Waals surface area (Å²) in [6, 6.07) is 5.40. The lowest BCUT2D eigenvalue weighted by atomic mass is 9.82. The van der Waals surface area contributed by atoms with Crippen molar-refractivity contribution in [3.05, 3.63) is 47.2 Å². The summed E-state index contributed by atoms with van der Waals surface area (Å²) < 4.78 is 52.1. The van der Waals surface area contributed by atoms with Gasteiger partial charge in [0.05, 0.1) is 12.6 Å². The smallest absolute Gasteiger partial charge is 0.421 e. The molecule has 1 fully saturated rings. The van der Waals surface area contributed by atoms with E-state index in [4.69, 9.17) is 14.6 Å². The third-order valence-corrected chi connectivity index (χ3v) is 6.93. The van der Waals surface area contributed by atoms with Crippen LogP contribution in [0.5, 0.6) is 11.6 Å². The van der Waals surface area contributed by atoms with E-state index in [1.54, 1.807) is 31.1 Å². The summed E-state index contributed by atoms with van der Waals surface area (Å²) >= 11 is 0. The number of alkyl halides is 3. The van der Waals surface area contributed by atoms with Crippen molar-refractivity contribution >= 4 is 17.6 Å². The molecule has 7 nitrogen and oxygen atoms in total. The molecule has 1 aliphatic carbocycles. The molecule has 0 bridgehead atoms. The molecule has 1 N–H and O–H groups in total. The molecular formula is C28H35F3N2O5. The molecule has 208 valence electrons. The number of hydrogen-bond acceptors (Lipinski definition) is 5. The van der Waals surface area contributed by atoms with Gasteiger partial charge in [0, 0.05) is 31.3 Å². The van der Waals surface area contributed by atoms with Crippen molar-refractivity contribution in [3.63, 3.8) is 0 Å². The van der Waals surface area contributed by atoms with Gasteiger partial charge in [-0.1, -0.05) is 6.92 Å². The first-order valence-electron chi connectivity index (χ1n) is 12.8. The molecule has 0 spiro atoms. The van der Waals surface area contributed by atoms with E-state index in [2.05, 4.69) is 11.9 Å². The van der Waals surface area contributed by atoms with Gasteiger partial charge in [-0.2, -0.15) is 13.2 Å². The van der Waals surface area contributed by atoms with Crippen molar-refractivity contribution < 1.29 is 37.3 Å². The highest BCUT2D eigenvalue weighted by Gasteiger charge is 2.36. The maximum absolute atomic E-state index is 13.7. The standard InChI is InChI=1S/C28H35F3N2O5/c1-17-5-8-21(9-6-17)27(36)33(19(3)16-37-4)24-11-10-22(13-18(24)2)38-26-23(28(29,30)31)14-20(15-32-26)7-12-25(34)35/h10-11,13-15,17,19,21H,5-9,12,16H2,1-4H3,(H,34,35)/t17-,19-,21-/m0/s1. The number of halogens is 3. The van der Waals surface area contributed by atoms with Crippen LogP contribution in [0.25, 0.3) is 0 Å². The number of carboxylic acid groups (broad SMARTS) is 1. The second-order valence-electron chi connectivity index (χ2n) is 10.1. The van der Waals surface area contributed by atoms with Crippen LogP contribution >= 0.6 is 0 Å². The summed E-state index contributed by atoms with van der Waals surface area (Å²) in [5, 5.41) is 8.82. The molecule has 1 saturated carbocycles. The number of rotatable bonds is 10. The normalized spacial score (nSPS) is 18.6. The summed E-state index contributed by atoms with van der Waals surface area (Å²) in [5.41, 5.74) is 0.379. The highest BCUT2D eigenvalue weighted by molar-refractivity contribution is 5.96. The molecule has 1 aromatic carbocycles. The minimum atomic E-state index is -4.74. The van der Waals surface area contributed by atoms with E-state index in [9.17, 15) is 22.8 Å². The molecule has 0 unspecified atom stereocenters. The molecule has 1 heterocycles. The van der Waals surface area contributed by atoms with Gasteiger partial charge in [-0.3, -0.25) is 9.59 Å². The monoisotopic (exact) mass is 536 g/mol. The number of aryl methyl sites for hydroxylation is 2. The fourth-order valence-electron chi connectivity index (χ4n) is 4.83. The number of carbonyl (C=O) groups is 2. The van der Waals surface area contributed by atoms with Crippen molar-refractivity contribution in [3.8, 4) is 11.6 Å². The molecule has 1 aromatic heterocycles. The fraction of sp³-hybridized carbons (Fsp3) is 0.536. The van der Waals surface area contributed by atoms with Gasteiger partial charge in [0.15, 0.2) is 0 Å². The summed E-state index contributed by atoms with van der Waals surface area (Å²) in [5.74, 6) is -1.06. The molecule has 1 amide bonds. The first kappa shape index (κ1) is 29.4. The number of pyridine rings is 1. The van der Waals surface area contributed by atoms with Gasteiger partial charge in [-0.25, -0.2) is 4.98 Å².